The Kier molecular flexibility index (Phi) is 6.01. The van der Waals surface area contributed by atoms with Gasteiger partial charge in [-0.05, 0) is 49.6 Å². The molecular formula is C22H29N3O2. The molecule has 2 aromatic carbocycles. The molecule has 3 rings (SSSR count). The first-order chi connectivity index (χ1) is 13.0. The molecule has 5 heteroatoms. The highest BCUT2D eigenvalue weighted by atomic mass is 16.5. The molecule has 1 N–H and O–H groups in total. The predicted molar refractivity (Wildman–Crippen MR) is 110 cm³/mol. The molecule has 1 heterocycles. The van der Waals surface area contributed by atoms with Gasteiger partial charge >= 0.3 is 6.03 Å². The molecule has 2 aromatic rings. The van der Waals surface area contributed by atoms with Crippen LogP contribution in [-0.2, 0) is 6.54 Å². The van der Waals surface area contributed by atoms with Gasteiger partial charge in [0.1, 0.15) is 5.75 Å². The number of nitrogens with zero attached hydrogens (tertiary/aromatic N) is 2. The molecule has 0 atom stereocenters. The van der Waals surface area contributed by atoms with Crippen molar-refractivity contribution in [1.29, 1.82) is 0 Å². The highest BCUT2D eigenvalue weighted by molar-refractivity contribution is 5.91. The second kappa shape index (κ2) is 8.44. The first kappa shape index (κ1) is 19.2. The zero-order chi connectivity index (χ0) is 19.4. The molecule has 2 amide bonds. The van der Waals surface area contributed by atoms with Crippen LogP contribution >= 0.6 is 0 Å². The Hall–Kier alpha value is -2.53. The lowest BCUT2D eigenvalue weighted by atomic mass is 10.1. The summed E-state index contributed by atoms with van der Waals surface area (Å²) >= 11 is 0. The van der Waals surface area contributed by atoms with Gasteiger partial charge in [0.15, 0.2) is 0 Å². The zero-order valence-corrected chi connectivity index (χ0v) is 16.7. The molecule has 144 valence electrons. The summed E-state index contributed by atoms with van der Waals surface area (Å²) in [4.78, 5) is 17.0. The van der Waals surface area contributed by atoms with Crippen molar-refractivity contribution in [2.75, 3.05) is 38.6 Å². The van der Waals surface area contributed by atoms with Crippen molar-refractivity contribution in [3.05, 3.63) is 58.7 Å². The molecule has 0 radical (unpaired) electrons. The fraction of sp³-hybridized carbons (Fsp3) is 0.409. The van der Waals surface area contributed by atoms with Crippen LogP contribution in [0, 0.1) is 20.8 Å². The van der Waals surface area contributed by atoms with Crippen LogP contribution in [0.3, 0.4) is 0 Å². The number of carbonyl (C=O) groups excluding carboxylic acids is 1. The van der Waals surface area contributed by atoms with Crippen molar-refractivity contribution < 1.29 is 9.53 Å². The van der Waals surface area contributed by atoms with Gasteiger partial charge in [-0.25, -0.2) is 4.79 Å². The van der Waals surface area contributed by atoms with E-state index in [1.165, 1.54) is 11.1 Å². The Balaban J connectivity index is 1.53. The Morgan fingerprint density at radius 3 is 2.15 bits per heavy atom. The maximum atomic E-state index is 12.7. The summed E-state index contributed by atoms with van der Waals surface area (Å²) in [6.07, 6.45) is 0. The van der Waals surface area contributed by atoms with E-state index in [2.05, 4.69) is 41.4 Å². The number of anilines is 1. The number of aryl methyl sites for hydroxylation is 3. The SMILES string of the molecule is COc1ccc(CN2CCN(C(=O)Nc3c(C)cc(C)cc3C)CC2)cc1. The second-order valence-corrected chi connectivity index (χ2v) is 7.32. The maximum absolute atomic E-state index is 12.7. The van der Waals surface area contributed by atoms with Crippen LogP contribution in [0.5, 0.6) is 5.75 Å². The summed E-state index contributed by atoms with van der Waals surface area (Å²) < 4.78 is 5.21. The van der Waals surface area contributed by atoms with Crippen LogP contribution in [0.15, 0.2) is 36.4 Å². The molecule has 5 nitrogen and oxygen atoms in total. The molecule has 1 saturated heterocycles. The minimum absolute atomic E-state index is 0.00542. The molecule has 0 saturated carbocycles. The second-order valence-electron chi connectivity index (χ2n) is 7.32. The predicted octanol–water partition coefficient (Wildman–Crippen LogP) is 3.97. The smallest absolute Gasteiger partial charge is 0.321 e. The number of hydrogen-bond acceptors (Lipinski definition) is 3. The minimum Gasteiger partial charge on any atom is -0.497 e. The average molecular weight is 367 g/mol. The molecule has 0 spiro atoms. The number of ether oxygens (including phenoxy) is 1. The van der Waals surface area contributed by atoms with Crippen molar-refractivity contribution in [2.24, 2.45) is 0 Å². The van der Waals surface area contributed by atoms with Gasteiger partial charge in [-0.3, -0.25) is 4.90 Å². The van der Waals surface area contributed by atoms with Crippen LogP contribution in [0.1, 0.15) is 22.3 Å². The lowest BCUT2D eigenvalue weighted by Crippen LogP contribution is -2.49. The molecule has 1 aliphatic heterocycles. The number of rotatable bonds is 4. The van der Waals surface area contributed by atoms with E-state index < -0.39 is 0 Å². The van der Waals surface area contributed by atoms with Crippen LogP contribution in [0.25, 0.3) is 0 Å². The number of hydrogen-bond donors (Lipinski definition) is 1. The van der Waals surface area contributed by atoms with Crippen LogP contribution in [-0.4, -0.2) is 49.1 Å². The molecule has 0 bridgehead atoms. The van der Waals surface area contributed by atoms with Crippen molar-refractivity contribution in [2.45, 2.75) is 27.3 Å². The summed E-state index contributed by atoms with van der Waals surface area (Å²) in [6.45, 7) is 10.3. The van der Waals surface area contributed by atoms with E-state index in [1.807, 2.05) is 30.9 Å². The quantitative estimate of drug-likeness (QED) is 0.889. The van der Waals surface area contributed by atoms with Crippen molar-refractivity contribution in [3.8, 4) is 5.75 Å². The fourth-order valence-electron chi connectivity index (χ4n) is 3.66. The number of piperazine rings is 1. The first-order valence-corrected chi connectivity index (χ1v) is 9.45. The molecule has 27 heavy (non-hydrogen) atoms. The topological polar surface area (TPSA) is 44.8 Å². The average Bonchev–Trinajstić information content (AvgIpc) is 2.65. The Labute approximate surface area is 161 Å². The van der Waals surface area contributed by atoms with Crippen LogP contribution in [0.4, 0.5) is 10.5 Å². The summed E-state index contributed by atoms with van der Waals surface area (Å²) in [7, 11) is 1.68. The zero-order valence-electron chi connectivity index (χ0n) is 16.7. The highest BCUT2D eigenvalue weighted by Crippen LogP contribution is 2.22. The first-order valence-electron chi connectivity index (χ1n) is 9.45. The molecule has 0 aliphatic carbocycles. The van der Waals surface area contributed by atoms with E-state index >= 15 is 0 Å². The molecule has 1 fully saturated rings. The summed E-state index contributed by atoms with van der Waals surface area (Å²) in [6, 6.07) is 12.4. The lowest BCUT2D eigenvalue weighted by Gasteiger charge is -2.35. The highest BCUT2D eigenvalue weighted by Gasteiger charge is 2.22. The van der Waals surface area contributed by atoms with Gasteiger partial charge in [-0.15, -0.1) is 0 Å². The van der Waals surface area contributed by atoms with Crippen LogP contribution < -0.4 is 10.1 Å². The molecule has 1 aliphatic rings. The van der Waals surface area contributed by atoms with Gasteiger partial charge in [0.05, 0.1) is 7.11 Å². The van der Waals surface area contributed by atoms with Gasteiger partial charge in [-0.1, -0.05) is 29.8 Å². The normalized spacial score (nSPS) is 14.9. The lowest BCUT2D eigenvalue weighted by molar-refractivity contribution is 0.143. The number of urea groups is 1. The maximum Gasteiger partial charge on any atom is 0.321 e. The Bertz CT molecular complexity index is 771. The largest absolute Gasteiger partial charge is 0.497 e. The Morgan fingerprint density at radius 1 is 1.00 bits per heavy atom. The third-order valence-corrected chi connectivity index (χ3v) is 5.13. The van der Waals surface area contributed by atoms with Gasteiger partial charge in [0.2, 0.25) is 0 Å². The monoisotopic (exact) mass is 367 g/mol. The number of methoxy groups -OCH3 is 1. The molecule has 0 unspecified atom stereocenters. The van der Waals surface area contributed by atoms with Gasteiger partial charge in [0.25, 0.3) is 0 Å². The molecular weight excluding hydrogens is 338 g/mol. The number of amides is 2. The summed E-state index contributed by atoms with van der Waals surface area (Å²) in [5, 5.41) is 3.11. The third-order valence-electron chi connectivity index (χ3n) is 5.13. The van der Waals surface area contributed by atoms with E-state index in [0.29, 0.717) is 0 Å². The van der Waals surface area contributed by atoms with Crippen molar-refractivity contribution >= 4 is 11.7 Å². The van der Waals surface area contributed by atoms with E-state index in [-0.39, 0.29) is 6.03 Å². The van der Waals surface area contributed by atoms with Crippen molar-refractivity contribution in [3.63, 3.8) is 0 Å². The number of carbonyl (C=O) groups is 1. The number of benzene rings is 2. The summed E-state index contributed by atoms with van der Waals surface area (Å²) in [5.74, 6) is 0.877. The van der Waals surface area contributed by atoms with Gasteiger partial charge in [-0.2, -0.15) is 0 Å². The standard InChI is InChI=1S/C22H29N3O2/c1-16-13-17(2)21(18(3)14-16)23-22(26)25-11-9-24(10-12-25)15-19-5-7-20(27-4)8-6-19/h5-8,13-14H,9-12,15H2,1-4H3,(H,23,26). The minimum atomic E-state index is -0.00542. The van der Waals surface area contributed by atoms with Crippen LogP contribution in [0.2, 0.25) is 0 Å². The number of nitrogens with one attached hydrogen (secondary N) is 1. The fourth-order valence-corrected chi connectivity index (χ4v) is 3.66. The molecule has 0 aromatic heterocycles. The van der Waals surface area contributed by atoms with E-state index in [4.69, 9.17) is 4.74 Å². The van der Waals surface area contributed by atoms with E-state index in [1.54, 1.807) is 7.11 Å². The van der Waals surface area contributed by atoms with Crippen molar-refractivity contribution in [1.82, 2.24) is 9.80 Å². The Morgan fingerprint density at radius 2 is 1.59 bits per heavy atom. The van der Waals surface area contributed by atoms with Gasteiger partial charge < -0.3 is 15.0 Å². The van der Waals surface area contributed by atoms with Gasteiger partial charge in [0, 0.05) is 38.4 Å². The van der Waals surface area contributed by atoms with E-state index in [9.17, 15) is 4.79 Å². The third kappa shape index (κ3) is 4.80. The summed E-state index contributed by atoms with van der Waals surface area (Å²) in [5.41, 5.74) is 5.64. The van der Waals surface area contributed by atoms with E-state index in [0.717, 1.165) is 55.3 Å².